The molecule has 16 heavy (non-hydrogen) atoms. The number of nitrogens with one attached hydrogen (secondary N) is 1. The molecule has 0 aromatic carbocycles. The van der Waals surface area contributed by atoms with Gasteiger partial charge in [-0.1, -0.05) is 25.7 Å². The van der Waals surface area contributed by atoms with Gasteiger partial charge in [0.25, 0.3) is 0 Å². The van der Waals surface area contributed by atoms with Crippen molar-refractivity contribution in [1.82, 2.24) is 5.32 Å². The van der Waals surface area contributed by atoms with Crippen LogP contribution in [0.15, 0.2) is 0 Å². The van der Waals surface area contributed by atoms with E-state index in [0.29, 0.717) is 23.6 Å². The standard InChI is InChI=1S/C12H23NO2S/c14-16(15)9-7-12(8-10-16)13-11-5-3-1-2-4-6-11/h11-13H,1-10H2. The fourth-order valence-corrected chi connectivity index (χ4v) is 4.33. The summed E-state index contributed by atoms with van der Waals surface area (Å²) in [6.07, 6.45) is 9.62. The van der Waals surface area contributed by atoms with Gasteiger partial charge in [0.1, 0.15) is 9.84 Å². The fourth-order valence-electron chi connectivity index (χ4n) is 2.84. The molecule has 1 heterocycles. The monoisotopic (exact) mass is 245 g/mol. The first-order valence-electron chi connectivity index (χ1n) is 6.62. The van der Waals surface area contributed by atoms with Gasteiger partial charge in [0.15, 0.2) is 0 Å². The molecule has 0 atom stereocenters. The quantitative estimate of drug-likeness (QED) is 0.756. The SMILES string of the molecule is O=S1(=O)CCC(NC2CCCCCC2)CC1. The number of hydrogen-bond donors (Lipinski definition) is 1. The van der Waals surface area contributed by atoms with Crippen molar-refractivity contribution in [2.24, 2.45) is 0 Å². The Morgan fingerprint density at radius 2 is 1.25 bits per heavy atom. The van der Waals surface area contributed by atoms with Crippen molar-refractivity contribution in [3.63, 3.8) is 0 Å². The Bertz CT molecular complexity index is 291. The van der Waals surface area contributed by atoms with Gasteiger partial charge in [-0.3, -0.25) is 0 Å². The maximum atomic E-state index is 11.3. The zero-order chi connectivity index (χ0) is 11.4. The summed E-state index contributed by atoms with van der Waals surface area (Å²) in [7, 11) is -2.70. The van der Waals surface area contributed by atoms with E-state index in [1.54, 1.807) is 0 Å². The molecule has 0 aromatic heterocycles. The van der Waals surface area contributed by atoms with Crippen molar-refractivity contribution in [3.05, 3.63) is 0 Å². The lowest BCUT2D eigenvalue weighted by Gasteiger charge is -2.27. The second kappa shape index (κ2) is 5.50. The molecule has 1 N–H and O–H groups in total. The number of rotatable bonds is 2. The van der Waals surface area contributed by atoms with Crippen LogP contribution in [0.2, 0.25) is 0 Å². The second-order valence-corrected chi connectivity index (χ2v) is 7.58. The lowest BCUT2D eigenvalue weighted by Crippen LogP contribution is -2.42. The summed E-state index contributed by atoms with van der Waals surface area (Å²) in [5.41, 5.74) is 0. The molecule has 0 amide bonds. The van der Waals surface area contributed by atoms with Crippen LogP contribution in [0.25, 0.3) is 0 Å². The molecule has 1 saturated carbocycles. The highest BCUT2D eigenvalue weighted by Crippen LogP contribution is 2.20. The van der Waals surface area contributed by atoms with E-state index < -0.39 is 9.84 Å². The first-order valence-corrected chi connectivity index (χ1v) is 8.44. The summed E-state index contributed by atoms with van der Waals surface area (Å²) >= 11 is 0. The summed E-state index contributed by atoms with van der Waals surface area (Å²) in [6, 6.07) is 1.10. The van der Waals surface area contributed by atoms with Crippen molar-refractivity contribution >= 4 is 9.84 Å². The molecule has 1 aliphatic carbocycles. The molecule has 0 bridgehead atoms. The average Bonchev–Trinajstić information content (AvgIpc) is 2.50. The highest BCUT2D eigenvalue weighted by Gasteiger charge is 2.25. The Kier molecular flexibility index (Phi) is 4.25. The number of sulfone groups is 1. The Morgan fingerprint density at radius 1 is 0.750 bits per heavy atom. The Labute approximate surface area is 98.9 Å². The van der Waals surface area contributed by atoms with E-state index in [0.717, 1.165) is 12.8 Å². The van der Waals surface area contributed by atoms with Gasteiger partial charge in [0, 0.05) is 12.1 Å². The summed E-state index contributed by atoms with van der Waals surface area (Å²) < 4.78 is 22.6. The first-order chi connectivity index (χ1) is 7.66. The lowest BCUT2D eigenvalue weighted by molar-refractivity contribution is 0.372. The molecule has 0 unspecified atom stereocenters. The molecule has 4 heteroatoms. The van der Waals surface area contributed by atoms with Crippen LogP contribution in [-0.4, -0.2) is 32.0 Å². The molecule has 1 aliphatic heterocycles. The molecular formula is C12H23NO2S. The van der Waals surface area contributed by atoms with Crippen LogP contribution < -0.4 is 5.32 Å². The van der Waals surface area contributed by atoms with Gasteiger partial charge in [-0.05, 0) is 25.7 Å². The highest BCUT2D eigenvalue weighted by molar-refractivity contribution is 7.91. The van der Waals surface area contributed by atoms with Gasteiger partial charge in [0.2, 0.25) is 0 Å². The topological polar surface area (TPSA) is 46.2 Å². The van der Waals surface area contributed by atoms with Gasteiger partial charge in [0.05, 0.1) is 11.5 Å². The summed E-state index contributed by atoms with van der Waals surface area (Å²) in [5, 5.41) is 3.67. The third-order valence-corrected chi connectivity index (χ3v) is 5.60. The largest absolute Gasteiger partial charge is 0.311 e. The molecule has 3 nitrogen and oxygen atoms in total. The fraction of sp³-hybridized carbons (Fsp3) is 1.00. The normalized spacial score (nSPS) is 28.8. The van der Waals surface area contributed by atoms with Crippen molar-refractivity contribution in [2.75, 3.05) is 11.5 Å². The maximum Gasteiger partial charge on any atom is 0.150 e. The smallest absolute Gasteiger partial charge is 0.150 e. The van der Waals surface area contributed by atoms with Gasteiger partial charge < -0.3 is 5.32 Å². The van der Waals surface area contributed by atoms with Gasteiger partial charge in [-0.15, -0.1) is 0 Å². The van der Waals surface area contributed by atoms with E-state index in [1.165, 1.54) is 38.5 Å². The van der Waals surface area contributed by atoms with Crippen molar-refractivity contribution in [1.29, 1.82) is 0 Å². The lowest BCUT2D eigenvalue weighted by atomic mass is 10.1. The zero-order valence-electron chi connectivity index (χ0n) is 9.95. The molecule has 94 valence electrons. The van der Waals surface area contributed by atoms with E-state index in [2.05, 4.69) is 5.32 Å². The Morgan fingerprint density at radius 3 is 1.81 bits per heavy atom. The van der Waals surface area contributed by atoms with Crippen molar-refractivity contribution in [3.8, 4) is 0 Å². The van der Waals surface area contributed by atoms with Crippen LogP contribution in [0.5, 0.6) is 0 Å². The summed E-state index contributed by atoms with van der Waals surface area (Å²) in [4.78, 5) is 0. The first kappa shape index (κ1) is 12.4. The van der Waals surface area contributed by atoms with Crippen LogP contribution >= 0.6 is 0 Å². The van der Waals surface area contributed by atoms with Crippen LogP contribution in [0, 0.1) is 0 Å². The molecule has 0 spiro atoms. The van der Waals surface area contributed by atoms with Crippen molar-refractivity contribution < 1.29 is 8.42 Å². The minimum Gasteiger partial charge on any atom is -0.311 e. The predicted octanol–water partition coefficient (Wildman–Crippen LogP) is 1.88. The van der Waals surface area contributed by atoms with E-state index in [1.807, 2.05) is 0 Å². The van der Waals surface area contributed by atoms with E-state index in [4.69, 9.17) is 0 Å². The second-order valence-electron chi connectivity index (χ2n) is 5.28. The van der Waals surface area contributed by atoms with Crippen molar-refractivity contribution in [2.45, 2.75) is 63.5 Å². The van der Waals surface area contributed by atoms with Crippen LogP contribution in [0.3, 0.4) is 0 Å². The molecule has 2 rings (SSSR count). The summed E-state index contributed by atoms with van der Waals surface area (Å²) in [5.74, 6) is 0.773. The molecule has 2 fully saturated rings. The van der Waals surface area contributed by atoms with Gasteiger partial charge >= 0.3 is 0 Å². The molecule has 0 aromatic rings. The van der Waals surface area contributed by atoms with Gasteiger partial charge in [-0.25, -0.2) is 8.42 Å². The molecule has 0 radical (unpaired) electrons. The van der Waals surface area contributed by atoms with E-state index >= 15 is 0 Å². The average molecular weight is 245 g/mol. The van der Waals surface area contributed by atoms with E-state index in [9.17, 15) is 8.42 Å². The predicted molar refractivity (Wildman–Crippen MR) is 66.3 cm³/mol. The maximum absolute atomic E-state index is 11.3. The summed E-state index contributed by atoms with van der Waals surface area (Å²) in [6.45, 7) is 0. The zero-order valence-corrected chi connectivity index (χ0v) is 10.8. The highest BCUT2D eigenvalue weighted by atomic mass is 32.2. The van der Waals surface area contributed by atoms with Crippen LogP contribution in [0.1, 0.15) is 51.4 Å². The van der Waals surface area contributed by atoms with Crippen LogP contribution in [0.4, 0.5) is 0 Å². The Hall–Kier alpha value is -0.0900. The van der Waals surface area contributed by atoms with Gasteiger partial charge in [-0.2, -0.15) is 0 Å². The Balaban J connectivity index is 1.77. The minimum absolute atomic E-state index is 0.386. The minimum atomic E-state index is -2.70. The molecule has 1 saturated heterocycles. The third kappa shape index (κ3) is 3.74. The third-order valence-electron chi connectivity index (χ3n) is 3.88. The van der Waals surface area contributed by atoms with Crippen LogP contribution in [-0.2, 0) is 9.84 Å². The number of hydrogen-bond acceptors (Lipinski definition) is 3. The van der Waals surface area contributed by atoms with E-state index in [-0.39, 0.29) is 0 Å². The molecule has 2 aliphatic rings. The molecular weight excluding hydrogens is 222 g/mol.